The van der Waals surface area contributed by atoms with Crippen LogP contribution in [-0.2, 0) is 25.6 Å². The smallest absolute Gasteiger partial charge is 0.337 e. The molecule has 0 atom stereocenters. The SMILES string of the molecule is COC(=O)c1ccc(CNC(=O)COC(=O)CCC(=O)c2cc(C)ccc2C)cc1. The highest BCUT2D eigenvalue weighted by Gasteiger charge is 2.14. The molecule has 0 bridgehead atoms. The van der Waals surface area contributed by atoms with E-state index in [-0.39, 0.29) is 25.2 Å². The predicted molar refractivity (Wildman–Crippen MR) is 110 cm³/mol. The average Bonchev–Trinajstić information content (AvgIpc) is 2.75. The minimum absolute atomic E-state index is 0.0251. The molecule has 0 aliphatic carbocycles. The van der Waals surface area contributed by atoms with Crippen molar-refractivity contribution in [2.24, 2.45) is 0 Å². The summed E-state index contributed by atoms with van der Waals surface area (Å²) in [6.07, 6.45) is -0.0637. The van der Waals surface area contributed by atoms with E-state index in [0.29, 0.717) is 11.1 Å². The molecule has 0 aromatic heterocycles. The molecule has 0 saturated heterocycles. The van der Waals surface area contributed by atoms with Gasteiger partial charge in [-0.15, -0.1) is 0 Å². The second-order valence-corrected chi connectivity index (χ2v) is 6.87. The van der Waals surface area contributed by atoms with Crippen LogP contribution in [0.1, 0.15) is 50.2 Å². The van der Waals surface area contributed by atoms with Crippen LogP contribution in [0.25, 0.3) is 0 Å². The van der Waals surface area contributed by atoms with Gasteiger partial charge in [-0.25, -0.2) is 4.79 Å². The molecule has 0 aliphatic rings. The fourth-order valence-electron chi connectivity index (χ4n) is 2.73. The molecule has 1 N–H and O–H groups in total. The van der Waals surface area contributed by atoms with Crippen LogP contribution in [0.5, 0.6) is 0 Å². The number of carbonyl (C=O) groups excluding carboxylic acids is 4. The number of esters is 2. The molecule has 30 heavy (non-hydrogen) atoms. The van der Waals surface area contributed by atoms with Crippen molar-refractivity contribution >= 4 is 23.6 Å². The Morgan fingerprint density at radius 2 is 1.63 bits per heavy atom. The Hall–Kier alpha value is -3.48. The van der Waals surface area contributed by atoms with E-state index in [4.69, 9.17) is 4.74 Å². The standard InChI is InChI=1S/C23H25NO6/c1-15-4-5-16(2)19(12-15)20(25)10-11-22(27)30-14-21(26)24-13-17-6-8-18(9-7-17)23(28)29-3/h4-9,12H,10-11,13-14H2,1-3H3,(H,24,26). The number of Topliss-reactive ketones (excluding diaryl/α,β-unsaturated/α-hetero) is 1. The van der Waals surface area contributed by atoms with E-state index in [1.807, 2.05) is 26.0 Å². The molecule has 0 saturated carbocycles. The molecule has 0 aliphatic heterocycles. The number of amides is 1. The summed E-state index contributed by atoms with van der Waals surface area (Å²) in [4.78, 5) is 47.4. The number of rotatable bonds is 9. The van der Waals surface area contributed by atoms with Crippen LogP contribution in [0.15, 0.2) is 42.5 Å². The lowest BCUT2D eigenvalue weighted by molar-refractivity contribution is -0.148. The Labute approximate surface area is 175 Å². The fourth-order valence-corrected chi connectivity index (χ4v) is 2.73. The fraction of sp³-hybridized carbons (Fsp3) is 0.304. The molecule has 2 aromatic rings. The van der Waals surface area contributed by atoms with Crippen molar-refractivity contribution in [2.75, 3.05) is 13.7 Å². The molecular weight excluding hydrogens is 386 g/mol. The molecular formula is C23H25NO6. The summed E-state index contributed by atoms with van der Waals surface area (Å²) in [5.41, 5.74) is 3.62. The van der Waals surface area contributed by atoms with E-state index in [1.165, 1.54) is 7.11 Å². The van der Waals surface area contributed by atoms with Crippen LogP contribution >= 0.6 is 0 Å². The summed E-state index contributed by atoms with van der Waals surface area (Å²) in [6.45, 7) is 3.55. The Bertz CT molecular complexity index is 933. The van der Waals surface area contributed by atoms with E-state index >= 15 is 0 Å². The molecule has 7 heteroatoms. The van der Waals surface area contributed by atoms with Crippen LogP contribution in [-0.4, -0.2) is 37.3 Å². The highest BCUT2D eigenvalue weighted by molar-refractivity contribution is 5.99. The lowest BCUT2D eigenvalue weighted by atomic mass is 9.99. The number of aryl methyl sites for hydroxylation is 2. The van der Waals surface area contributed by atoms with Gasteiger partial charge < -0.3 is 14.8 Å². The van der Waals surface area contributed by atoms with Gasteiger partial charge >= 0.3 is 11.9 Å². The Kier molecular flexibility index (Phi) is 8.29. The largest absolute Gasteiger partial charge is 0.465 e. The van der Waals surface area contributed by atoms with Gasteiger partial charge in [-0.1, -0.05) is 29.8 Å². The molecule has 0 heterocycles. The molecule has 158 valence electrons. The third-order valence-electron chi connectivity index (χ3n) is 4.48. The number of carbonyl (C=O) groups is 4. The van der Waals surface area contributed by atoms with Gasteiger partial charge in [-0.05, 0) is 43.2 Å². The molecule has 2 rings (SSSR count). The maximum absolute atomic E-state index is 12.3. The zero-order valence-electron chi connectivity index (χ0n) is 17.3. The molecule has 1 amide bonds. The summed E-state index contributed by atoms with van der Waals surface area (Å²) in [7, 11) is 1.30. The van der Waals surface area contributed by atoms with Crippen molar-refractivity contribution in [1.82, 2.24) is 5.32 Å². The Morgan fingerprint density at radius 1 is 0.933 bits per heavy atom. The van der Waals surface area contributed by atoms with E-state index in [9.17, 15) is 19.2 Å². The lowest BCUT2D eigenvalue weighted by Crippen LogP contribution is -2.28. The molecule has 0 unspecified atom stereocenters. The van der Waals surface area contributed by atoms with Gasteiger partial charge in [-0.3, -0.25) is 14.4 Å². The zero-order chi connectivity index (χ0) is 22.1. The summed E-state index contributed by atoms with van der Waals surface area (Å²) in [6, 6.07) is 12.2. The van der Waals surface area contributed by atoms with Crippen LogP contribution in [0.4, 0.5) is 0 Å². The van der Waals surface area contributed by atoms with Crippen LogP contribution < -0.4 is 5.32 Å². The number of ether oxygens (including phenoxy) is 2. The van der Waals surface area contributed by atoms with Crippen molar-refractivity contribution in [1.29, 1.82) is 0 Å². The number of hydrogen-bond acceptors (Lipinski definition) is 6. The van der Waals surface area contributed by atoms with Gasteiger partial charge in [0.15, 0.2) is 12.4 Å². The summed E-state index contributed by atoms with van der Waals surface area (Å²) in [5, 5.41) is 2.62. The number of methoxy groups -OCH3 is 1. The average molecular weight is 411 g/mol. The molecule has 7 nitrogen and oxygen atoms in total. The van der Waals surface area contributed by atoms with Crippen molar-refractivity contribution in [3.63, 3.8) is 0 Å². The number of nitrogens with one attached hydrogen (secondary N) is 1. The molecule has 0 radical (unpaired) electrons. The van der Waals surface area contributed by atoms with Gasteiger partial charge in [0.05, 0.1) is 19.1 Å². The summed E-state index contributed by atoms with van der Waals surface area (Å²) in [5.74, 6) is -1.63. The predicted octanol–water partition coefficient (Wildman–Crippen LogP) is 2.91. The third kappa shape index (κ3) is 6.84. The lowest BCUT2D eigenvalue weighted by Gasteiger charge is -2.08. The van der Waals surface area contributed by atoms with Crippen molar-refractivity contribution in [3.8, 4) is 0 Å². The summed E-state index contributed by atoms with van der Waals surface area (Å²) < 4.78 is 9.55. The first-order chi connectivity index (χ1) is 14.3. The zero-order valence-corrected chi connectivity index (χ0v) is 17.3. The molecule has 0 fully saturated rings. The van der Waals surface area contributed by atoms with E-state index in [2.05, 4.69) is 10.1 Å². The Morgan fingerprint density at radius 3 is 2.30 bits per heavy atom. The van der Waals surface area contributed by atoms with E-state index in [0.717, 1.165) is 16.7 Å². The quantitative estimate of drug-likeness (QED) is 0.503. The Balaban J connectivity index is 1.71. The van der Waals surface area contributed by atoms with E-state index in [1.54, 1.807) is 30.3 Å². The minimum atomic E-state index is -0.605. The second kappa shape index (κ2) is 10.9. The van der Waals surface area contributed by atoms with Crippen molar-refractivity contribution in [3.05, 3.63) is 70.3 Å². The first-order valence-electron chi connectivity index (χ1n) is 9.50. The van der Waals surface area contributed by atoms with Crippen LogP contribution in [0.3, 0.4) is 0 Å². The van der Waals surface area contributed by atoms with Crippen LogP contribution in [0, 0.1) is 13.8 Å². The highest BCUT2D eigenvalue weighted by atomic mass is 16.5. The third-order valence-corrected chi connectivity index (χ3v) is 4.48. The van der Waals surface area contributed by atoms with Crippen molar-refractivity contribution in [2.45, 2.75) is 33.2 Å². The minimum Gasteiger partial charge on any atom is -0.465 e. The molecule has 2 aromatic carbocycles. The van der Waals surface area contributed by atoms with E-state index < -0.39 is 24.5 Å². The van der Waals surface area contributed by atoms with Gasteiger partial charge in [-0.2, -0.15) is 0 Å². The number of benzene rings is 2. The highest BCUT2D eigenvalue weighted by Crippen LogP contribution is 2.14. The number of hydrogen-bond donors (Lipinski definition) is 1. The van der Waals surface area contributed by atoms with Gasteiger partial charge in [0.1, 0.15) is 0 Å². The monoisotopic (exact) mass is 411 g/mol. The van der Waals surface area contributed by atoms with Gasteiger partial charge in [0.2, 0.25) is 0 Å². The first-order valence-corrected chi connectivity index (χ1v) is 9.50. The normalized spacial score (nSPS) is 10.2. The van der Waals surface area contributed by atoms with Gasteiger partial charge in [0.25, 0.3) is 5.91 Å². The maximum atomic E-state index is 12.3. The van der Waals surface area contributed by atoms with Crippen molar-refractivity contribution < 1.29 is 28.7 Å². The van der Waals surface area contributed by atoms with Crippen LogP contribution in [0.2, 0.25) is 0 Å². The number of ketones is 1. The van der Waals surface area contributed by atoms with Gasteiger partial charge in [0, 0.05) is 18.5 Å². The second-order valence-electron chi connectivity index (χ2n) is 6.87. The first kappa shape index (κ1) is 22.8. The molecule has 0 spiro atoms. The maximum Gasteiger partial charge on any atom is 0.337 e. The summed E-state index contributed by atoms with van der Waals surface area (Å²) >= 11 is 0. The topological polar surface area (TPSA) is 98.8 Å².